The molecule has 0 fully saturated rings. The van der Waals surface area contributed by atoms with Gasteiger partial charge in [0.2, 0.25) is 0 Å². The fourth-order valence-electron chi connectivity index (χ4n) is 1.69. The third-order valence-corrected chi connectivity index (χ3v) is 2.58. The van der Waals surface area contributed by atoms with Crippen LogP contribution in [0.15, 0.2) is 42.9 Å². The Morgan fingerprint density at radius 2 is 1.94 bits per heavy atom. The number of anilines is 1. The van der Waals surface area contributed by atoms with Crippen molar-refractivity contribution >= 4 is 5.69 Å². The second-order valence-electron chi connectivity index (χ2n) is 4.00. The number of aromatic nitrogens is 2. The van der Waals surface area contributed by atoms with Gasteiger partial charge in [-0.05, 0) is 24.1 Å². The van der Waals surface area contributed by atoms with Crippen molar-refractivity contribution in [2.24, 2.45) is 0 Å². The molecule has 3 heteroatoms. The van der Waals surface area contributed by atoms with Crippen LogP contribution in [-0.4, -0.2) is 9.97 Å². The summed E-state index contributed by atoms with van der Waals surface area (Å²) in [6, 6.07) is 8.56. The number of aryl methyl sites for hydroxylation is 1. The minimum absolute atomic E-state index is 0.709. The maximum absolute atomic E-state index is 4.22. The molecule has 1 N–H and O–H groups in total. The molecule has 0 radical (unpaired) electrons. The van der Waals surface area contributed by atoms with Crippen LogP contribution in [0.4, 0.5) is 5.69 Å². The molecule has 1 heterocycles. The van der Waals surface area contributed by atoms with Gasteiger partial charge in [-0.1, -0.05) is 25.5 Å². The molecular weight excluding hydrogens is 210 g/mol. The van der Waals surface area contributed by atoms with Gasteiger partial charge in [0.25, 0.3) is 0 Å². The Balaban J connectivity index is 1.91. The summed E-state index contributed by atoms with van der Waals surface area (Å²) in [6.07, 6.45) is 7.50. The molecule has 1 aromatic carbocycles. The van der Waals surface area contributed by atoms with Crippen LogP contribution in [-0.2, 0) is 13.0 Å². The van der Waals surface area contributed by atoms with Gasteiger partial charge < -0.3 is 5.32 Å². The third kappa shape index (κ3) is 3.55. The van der Waals surface area contributed by atoms with Gasteiger partial charge in [-0.3, -0.25) is 9.97 Å². The summed E-state index contributed by atoms with van der Waals surface area (Å²) in [5.41, 5.74) is 3.46. The first-order chi connectivity index (χ1) is 8.38. The van der Waals surface area contributed by atoms with Gasteiger partial charge >= 0.3 is 0 Å². The standard InChI is InChI=1S/C14H17N3/c1-2-3-12-4-6-13(7-5-12)17-11-14-10-15-8-9-16-14/h4-10,17H,2-3,11H2,1H3. The molecule has 0 aliphatic carbocycles. The zero-order chi connectivity index (χ0) is 11.9. The van der Waals surface area contributed by atoms with Crippen molar-refractivity contribution in [2.75, 3.05) is 5.32 Å². The van der Waals surface area contributed by atoms with Gasteiger partial charge in [-0.25, -0.2) is 0 Å². The predicted molar refractivity (Wildman–Crippen MR) is 69.8 cm³/mol. The van der Waals surface area contributed by atoms with E-state index in [4.69, 9.17) is 0 Å². The Labute approximate surface area is 102 Å². The van der Waals surface area contributed by atoms with E-state index in [1.54, 1.807) is 18.6 Å². The average Bonchev–Trinajstić information content (AvgIpc) is 2.40. The molecule has 0 saturated heterocycles. The van der Waals surface area contributed by atoms with E-state index >= 15 is 0 Å². The van der Waals surface area contributed by atoms with Crippen LogP contribution in [0.25, 0.3) is 0 Å². The smallest absolute Gasteiger partial charge is 0.0777 e. The van der Waals surface area contributed by atoms with Crippen LogP contribution in [0, 0.1) is 0 Å². The Morgan fingerprint density at radius 1 is 1.12 bits per heavy atom. The molecule has 1 aromatic heterocycles. The lowest BCUT2D eigenvalue weighted by atomic mass is 10.1. The first-order valence-electron chi connectivity index (χ1n) is 5.96. The van der Waals surface area contributed by atoms with Crippen molar-refractivity contribution in [1.29, 1.82) is 0 Å². The fraction of sp³-hybridized carbons (Fsp3) is 0.286. The summed E-state index contributed by atoms with van der Waals surface area (Å²) < 4.78 is 0. The molecule has 0 atom stereocenters. The fourth-order valence-corrected chi connectivity index (χ4v) is 1.69. The van der Waals surface area contributed by atoms with Crippen LogP contribution in [0.3, 0.4) is 0 Å². The van der Waals surface area contributed by atoms with Gasteiger partial charge in [-0.2, -0.15) is 0 Å². The SMILES string of the molecule is CCCc1ccc(NCc2cnccn2)cc1. The van der Waals surface area contributed by atoms with E-state index in [-0.39, 0.29) is 0 Å². The molecule has 0 bridgehead atoms. The Kier molecular flexibility index (Phi) is 4.08. The van der Waals surface area contributed by atoms with E-state index in [0.29, 0.717) is 6.54 Å². The zero-order valence-electron chi connectivity index (χ0n) is 10.1. The summed E-state index contributed by atoms with van der Waals surface area (Å²) in [4.78, 5) is 8.25. The van der Waals surface area contributed by atoms with Gasteiger partial charge in [0.15, 0.2) is 0 Å². The second kappa shape index (κ2) is 5.99. The largest absolute Gasteiger partial charge is 0.379 e. The zero-order valence-corrected chi connectivity index (χ0v) is 10.1. The quantitative estimate of drug-likeness (QED) is 0.853. The molecular formula is C14H17N3. The molecule has 2 rings (SSSR count). The van der Waals surface area contributed by atoms with Crippen molar-refractivity contribution in [2.45, 2.75) is 26.3 Å². The minimum Gasteiger partial charge on any atom is -0.379 e. The van der Waals surface area contributed by atoms with Crippen molar-refractivity contribution in [3.8, 4) is 0 Å². The number of benzene rings is 1. The lowest BCUT2D eigenvalue weighted by Gasteiger charge is -2.06. The number of nitrogens with zero attached hydrogens (tertiary/aromatic N) is 2. The number of hydrogen-bond acceptors (Lipinski definition) is 3. The summed E-state index contributed by atoms with van der Waals surface area (Å²) >= 11 is 0. The molecule has 88 valence electrons. The number of hydrogen-bond donors (Lipinski definition) is 1. The highest BCUT2D eigenvalue weighted by Crippen LogP contribution is 2.11. The van der Waals surface area contributed by atoms with Gasteiger partial charge in [0.05, 0.1) is 18.4 Å². The summed E-state index contributed by atoms with van der Waals surface area (Å²) in [6.45, 7) is 2.90. The lowest BCUT2D eigenvalue weighted by Crippen LogP contribution is -2.01. The maximum Gasteiger partial charge on any atom is 0.0777 e. The van der Waals surface area contributed by atoms with Crippen LogP contribution < -0.4 is 5.32 Å². The van der Waals surface area contributed by atoms with Crippen molar-refractivity contribution < 1.29 is 0 Å². The number of rotatable bonds is 5. The van der Waals surface area contributed by atoms with E-state index < -0.39 is 0 Å². The average molecular weight is 227 g/mol. The Hall–Kier alpha value is -1.90. The third-order valence-electron chi connectivity index (χ3n) is 2.58. The first kappa shape index (κ1) is 11.6. The first-order valence-corrected chi connectivity index (χ1v) is 5.96. The topological polar surface area (TPSA) is 37.8 Å². The van der Waals surface area contributed by atoms with E-state index in [9.17, 15) is 0 Å². The number of nitrogens with one attached hydrogen (secondary N) is 1. The lowest BCUT2D eigenvalue weighted by molar-refractivity contribution is 0.921. The maximum atomic E-state index is 4.22. The van der Waals surface area contributed by atoms with E-state index in [2.05, 4.69) is 46.5 Å². The second-order valence-corrected chi connectivity index (χ2v) is 4.00. The highest BCUT2D eigenvalue weighted by atomic mass is 14.9. The van der Waals surface area contributed by atoms with E-state index in [0.717, 1.165) is 17.8 Å². The molecule has 0 unspecified atom stereocenters. The highest BCUT2D eigenvalue weighted by Gasteiger charge is 1.95. The molecule has 17 heavy (non-hydrogen) atoms. The normalized spacial score (nSPS) is 10.2. The Morgan fingerprint density at radius 3 is 2.59 bits per heavy atom. The van der Waals surface area contributed by atoms with Crippen molar-refractivity contribution in [3.63, 3.8) is 0 Å². The minimum atomic E-state index is 0.709. The summed E-state index contributed by atoms with van der Waals surface area (Å²) in [5.74, 6) is 0. The van der Waals surface area contributed by atoms with E-state index in [1.807, 2.05) is 0 Å². The molecule has 0 aliphatic rings. The van der Waals surface area contributed by atoms with Crippen molar-refractivity contribution in [3.05, 3.63) is 54.1 Å². The highest BCUT2D eigenvalue weighted by molar-refractivity contribution is 5.44. The Bertz CT molecular complexity index is 437. The van der Waals surface area contributed by atoms with Gasteiger partial charge in [-0.15, -0.1) is 0 Å². The van der Waals surface area contributed by atoms with Crippen molar-refractivity contribution in [1.82, 2.24) is 9.97 Å². The van der Waals surface area contributed by atoms with Crippen LogP contribution in [0.1, 0.15) is 24.6 Å². The van der Waals surface area contributed by atoms with Gasteiger partial charge in [0, 0.05) is 18.1 Å². The van der Waals surface area contributed by atoms with Crippen LogP contribution >= 0.6 is 0 Å². The summed E-state index contributed by atoms with van der Waals surface area (Å²) in [7, 11) is 0. The van der Waals surface area contributed by atoms with Crippen LogP contribution in [0.2, 0.25) is 0 Å². The molecule has 0 amide bonds. The van der Waals surface area contributed by atoms with Crippen LogP contribution in [0.5, 0.6) is 0 Å². The molecule has 0 spiro atoms. The molecule has 3 nitrogen and oxygen atoms in total. The molecule has 2 aromatic rings. The van der Waals surface area contributed by atoms with E-state index in [1.165, 1.54) is 12.0 Å². The summed E-state index contributed by atoms with van der Waals surface area (Å²) in [5, 5.41) is 3.33. The monoisotopic (exact) mass is 227 g/mol. The predicted octanol–water partition coefficient (Wildman–Crippen LogP) is 3.04. The molecule has 0 saturated carbocycles. The van der Waals surface area contributed by atoms with Gasteiger partial charge in [0.1, 0.15) is 0 Å². The molecule has 0 aliphatic heterocycles.